The summed E-state index contributed by atoms with van der Waals surface area (Å²) in [6, 6.07) is 14.4. The molecule has 9 heteroatoms. The van der Waals surface area contributed by atoms with Crippen molar-refractivity contribution in [3.63, 3.8) is 0 Å². The zero-order valence-electron chi connectivity index (χ0n) is 15.3. The molecule has 0 aliphatic carbocycles. The number of amides is 1. The van der Waals surface area contributed by atoms with E-state index in [0.717, 1.165) is 4.57 Å². The van der Waals surface area contributed by atoms with Crippen LogP contribution in [0.3, 0.4) is 0 Å². The van der Waals surface area contributed by atoms with Gasteiger partial charge in [-0.15, -0.1) is 0 Å². The summed E-state index contributed by atoms with van der Waals surface area (Å²) in [7, 11) is -3.47. The minimum absolute atomic E-state index is 0.146. The molecular weight excluding hydrogens is 400 g/mol. The van der Waals surface area contributed by atoms with E-state index in [0.29, 0.717) is 11.1 Å². The summed E-state index contributed by atoms with van der Waals surface area (Å²) >= 11 is 0. The molecule has 0 unspecified atom stereocenters. The number of alkyl halides is 2. The van der Waals surface area contributed by atoms with Crippen molar-refractivity contribution < 1.29 is 22.0 Å². The number of hydrogen-bond acceptors (Lipinski definition) is 4. The number of aromatic nitrogens is 2. The highest BCUT2D eigenvalue weighted by atomic mass is 32.2. The molecular formula is C20H19F2N3O3S. The lowest BCUT2D eigenvalue weighted by Gasteiger charge is -2.08. The molecule has 6 nitrogen and oxygen atoms in total. The van der Waals surface area contributed by atoms with Crippen LogP contribution in [0, 0.1) is 0 Å². The second-order valence-electron chi connectivity index (χ2n) is 6.30. The number of sulfone groups is 1. The van der Waals surface area contributed by atoms with Crippen molar-refractivity contribution in [3.05, 3.63) is 83.9 Å². The fourth-order valence-corrected chi connectivity index (χ4v) is 4.16. The molecule has 3 rings (SSSR count). The highest BCUT2D eigenvalue weighted by molar-refractivity contribution is 7.90. The molecule has 0 aliphatic heterocycles. The lowest BCUT2D eigenvalue weighted by atomic mass is 10.1. The number of imidazole rings is 1. The van der Waals surface area contributed by atoms with Crippen molar-refractivity contribution in [3.8, 4) is 0 Å². The topological polar surface area (TPSA) is 81.1 Å². The van der Waals surface area contributed by atoms with Gasteiger partial charge >= 0.3 is 6.55 Å². The van der Waals surface area contributed by atoms with Crippen LogP contribution in [0.25, 0.3) is 0 Å². The SMILES string of the molecule is O=C(NCCc1nccn1C(F)F)c1ccc(CS(=O)(=O)c2ccccc2)cc1. The van der Waals surface area contributed by atoms with E-state index in [2.05, 4.69) is 10.3 Å². The Balaban J connectivity index is 1.57. The van der Waals surface area contributed by atoms with Crippen LogP contribution in [-0.2, 0) is 22.0 Å². The first-order valence-electron chi connectivity index (χ1n) is 8.81. The fraction of sp³-hybridized carbons (Fsp3) is 0.200. The Morgan fingerprint density at radius 2 is 1.76 bits per heavy atom. The molecule has 0 spiro atoms. The average Bonchev–Trinajstić information content (AvgIpc) is 3.18. The van der Waals surface area contributed by atoms with Crippen LogP contribution in [0.5, 0.6) is 0 Å². The van der Waals surface area contributed by atoms with Crippen LogP contribution in [0.4, 0.5) is 8.78 Å². The molecule has 0 fully saturated rings. The largest absolute Gasteiger partial charge is 0.352 e. The first-order valence-corrected chi connectivity index (χ1v) is 10.5. The minimum atomic E-state index is -3.47. The van der Waals surface area contributed by atoms with E-state index in [1.807, 2.05) is 0 Å². The van der Waals surface area contributed by atoms with Crippen LogP contribution < -0.4 is 5.32 Å². The van der Waals surface area contributed by atoms with E-state index in [4.69, 9.17) is 0 Å². The summed E-state index contributed by atoms with van der Waals surface area (Å²) in [6.07, 6.45) is 2.63. The third kappa shape index (κ3) is 5.26. The van der Waals surface area contributed by atoms with E-state index in [-0.39, 0.29) is 35.3 Å². The average molecular weight is 419 g/mol. The Kier molecular flexibility index (Phi) is 6.38. The molecule has 1 N–H and O–H groups in total. The van der Waals surface area contributed by atoms with E-state index < -0.39 is 16.4 Å². The number of benzene rings is 2. The summed E-state index contributed by atoms with van der Waals surface area (Å²) < 4.78 is 51.1. The van der Waals surface area contributed by atoms with Gasteiger partial charge in [0.2, 0.25) is 0 Å². The number of nitrogens with zero attached hydrogens (tertiary/aromatic N) is 2. The second kappa shape index (κ2) is 8.95. The van der Waals surface area contributed by atoms with Crippen molar-refractivity contribution in [1.29, 1.82) is 0 Å². The monoisotopic (exact) mass is 419 g/mol. The van der Waals surface area contributed by atoms with Crippen LogP contribution >= 0.6 is 0 Å². The van der Waals surface area contributed by atoms with Gasteiger partial charge in [-0.3, -0.25) is 9.36 Å². The van der Waals surface area contributed by atoms with Gasteiger partial charge in [-0.1, -0.05) is 30.3 Å². The van der Waals surface area contributed by atoms with E-state index >= 15 is 0 Å². The quantitative estimate of drug-likeness (QED) is 0.608. The number of halogens is 2. The molecule has 0 aliphatic rings. The predicted molar refractivity (Wildman–Crippen MR) is 103 cm³/mol. The molecule has 0 saturated heterocycles. The fourth-order valence-electron chi connectivity index (χ4n) is 2.79. The molecule has 2 aromatic carbocycles. The van der Waals surface area contributed by atoms with Crippen LogP contribution in [0.2, 0.25) is 0 Å². The summed E-state index contributed by atoms with van der Waals surface area (Å²) in [5, 5.41) is 2.64. The standard InChI is InChI=1S/C20H19F2N3O3S/c21-20(22)25-13-12-23-18(25)10-11-24-19(26)16-8-6-15(7-9-16)14-29(27,28)17-4-2-1-3-5-17/h1-9,12-13,20H,10-11,14H2,(H,24,26). The summed E-state index contributed by atoms with van der Waals surface area (Å²) in [5.74, 6) is -0.366. The van der Waals surface area contributed by atoms with E-state index in [1.165, 1.54) is 36.7 Å². The highest BCUT2D eigenvalue weighted by Crippen LogP contribution is 2.17. The second-order valence-corrected chi connectivity index (χ2v) is 8.29. The molecule has 0 saturated carbocycles. The van der Waals surface area contributed by atoms with Gasteiger partial charge < -0.3 is 5.32 Å². The van der Waals surface area contributed by atoms with Gasteiger partial charge in [0.25, 0.3) is 5.91 Å². The number of rotatable bonds is 8. The maximum Gasteiger partial charge on any atom is 0.319 e. The normalized spacial score (nSPS) is 11.6. The first-order chi connectivity index (χ1) is 13.9. The molecule has 1 aromatic heterocycles. The molecule has 0 bridgehead atoms. The third-order valence-corrected chi connectivity index (χ3v) is 5.97. The Hall–Kier alpha value is -3.07. The molecule has 29 heavy (non-hydrogen) atoms. The van der Waals surface area contributed by atoms with Crippen molar-refractivity contribution in [2.24, 2.45) is 0 Å². The lowest BCUT2D eigenvalue weighted by molar-refractivity contribution is 0.0670. The molecule has 0 atom stereocenters. The first kappa shape index (κ1) is 20.7. The number of nitrogens with one attached hydrogen (secondary N) is 1. The molecule has 3 aromatic rings. The molecule has 1 amide bonds. The van der Waals surface area contributed by atoms with Gasteiger partial charge in [-0.2, -0.15) is 8.78 Å². The maximum atomic E-state index is 12.8. The van der Waals surface area contributed by atoms with Gasteiger partial charge in [-0.25, -0.2) is 13.4 Å². The van der Waals surface area contributed by atoms with E-state index in [9.17, 15) is 22.0 Å². The predicted octanol–water partition coefficient (Wildman–Crippen LogP) is 3.22. The molecule has 1 heterocycles. The Morgan fingerprint density at radius 1 is 1.07 bits per heavy atom. The van der Waals surface area contributed by atoms with Gasteiger partial charge in [0.1, 0.15) is 5.82 Å². The summed E-state index contributed by atoms with van der Waals surface area (Å²) in [4.78, 5) is 16.3. The number of hydrogen-bond donors (Lipinski definition) is 1. The number of carbonyl (C=O) groups excluding carboxylic acids is 1. The van der Waals surface area contributed by atoms with Gasteiger partial charge in [0.05, 0.1) is 10.6 Å². The Labute approximate surface area is 167 Å². The Morgan fingerprint density at radius 3 is 2.41 bits per heavy atom. The minimum Gasteiger partial charge on any atom is -0.352 e. The van der Waals surface area contributed by atoms with Crippen LogP contribution in [0.15, 0.2) is 71.9 Å². The van der Waals surface area contributed by atoms with Crippen molar-refractivity contribution in [2.75, 3.05) is 6.54 Å². The lowest BCUT2D eigenvalue weighted by Crippen LogP contribution is -2.26. The zero-order chi connectivity index (χ0) is 20.9. The molecule has 0 radical (unpaired) electrons. The van der Waals surface area contributed by atoms with Gasteiger partial charge in [-0.05, 0) is 29.8 Å². The number of carbonyl (C=O) groups is 1. The van der Waals surface area contributed by atoms with E-state index in [1.54, 1.807) is 30.3 Å². The van der Waals surface area contributed by atoms with Crippen LogP contribution in [0.1, 0.15) is 28.3 Å². The summed E-state index contributed by atoms with van der Waals surface area (Å²) in [5.41, 5.74) is 0.910. The van der Waals surface area contributed by atoms with Gasteiger partial charge in [0.15, 0.2) is 9.84 Å². The van der Waals surface area contributed by atoms with Gasteiger partial charge in [0, 0.05) is 30.9 Å². The smallest absolute Gasteiger partial charge is 0.319 e. The van der Waals surface area contributed by atoms with Crippen LogP contribution in [-0.4, -0.2) is 30.4 Å². The molecule has 152 valence electrons. The Bertz CT molecular complexity index is 1070. The third-order valence-electron chi connectivity index (χ3n) is 4.27. The zero-order valence-corrected chi connectivity index (χ0v) is 16.1. The van der Waals surface area contributed by atoms with Crippen molar-refractivity contribution >= 4 is 15.7 Å². The maximum absolute atomic E-state index is 12.8. The highest BCUT2D eigenvalue weighted by Gasteiger charge is 2.15. The van der Waals surface area contributed by atoms with Crippen molar-refractivity contribution in [2.45, 2.75) is 23.6 Å². The summed E-state index contributed by atoms with van der Waals surface area (Å²) in [6.45, 7) is -2.53. The van der Waals surface area contributed by atoms with Crippen molar-refractivity contribution in [1.82, 2.24) is 14.9 Å².